The lowest BCUT2D eigenvalue weighted by Crippen LogP contribution is -2.09. The Hall–Kier alpha value is -6.80. The Labute approximate surface area is 356 Å². The first-order chi connectivity index (χ1) is 29.7. The molecule has 0 aliphatic heterocycles. The van der Waals surface area contributed by atoms with Crippen LogP contribution in [0.5, 0.6) is 0 Å². The van der Waals surface area contributed by atoms with Gasteiger partial charge in [-0.3, -0.25) is 9.97 Å². The number of nitrogens with zero attached hydrogens (tertiary/aromatic N) is 4. The molecule has 0 spiro atoms. The lowest BCUT2D eigenvalue weighted by atomic mass is 9.99. The molecule has 8 nitrogen and oxygen atoms in total. The molecule has 0 amide bonds. The van der Waals surface area contributed by atoms with Crippen LogP contribution in [0.1, 0.15) is 114 Å². The maximum Gasteiger partial charge on any atom is 0.339 e. The minimum Gasteiger partial charge on any atom is -0.478 e. The molecule has 306 valence electrons. The zero-order valence-corrected chi connectivity index (χ0v) is 35.0. The Morgan fingerprint density at radius 1 is 0.607 bits per heavy atom. The number of pyridine rings is 2. The molecule has 8 aromatic rings. The zero-order valence-electron chi connectivity index (χ0n) is 35.0. The predicted octanol–water partition coefficient (Wildman–Crippen LogP) is 11.2. The number of carbonyl (C=O) groups is 2. The second-order valence-electron chi connectivity index (χ2n) is 16.8. The number of ether oxygens (including phenoxy) is 1. The van der Waals surface area contributed by atoms with Gasteiger partial charge in [-0.1, -0.05) is 72.8 Å². The van der Waals surface area contributed by atoms with Crippen molar-refractivity contribution in [2.75, 3.05) is 7.11 Å². The Morgan fingerprint density at radius 2 is 1.05 bits per heavy atom. The quantitative estimate of drug-likeness (QED) is 0.123. The molecule has 10 rings (SSSR count). The summed E-state index contributed by atoms with van der Waals surface area (Å²) in [7, 11) is 1.43. The molecule has 2 saturated carbocycles. The van der Waals surface area contributed by atoms with Crippen molar-refractivity contribution in [2.45, 2.75) is 77.3 Å². The normalized spacial score (nSPS) is 13.6. The topological polar surface area (TPSA) is 99.2 Å². The molecule has 8 heteroatoms. The molecule has 4 heterocycles. The van der Waals surface area contributed by atoms with Gasteiger partial charge in [-0.05, 0) is 132 Å². The number of aromatic carboxylic acids is 1. The van der Waals surface area contributed by atoms with Crippen LogP contribution in [0.4, 0.5) is 0 Å². The first-order valence-corrected chi connectivity index (χ1v) is 21.2. The van der Waals surface area contributed by atoms with Crippen molar-refractivity contribution >= 4 is 33.7 Å². The van der Waals surface area contributed by atoms with Crippen LogP contribution in [0.3, 0.4) is 0 Å². The van der Waals surface area contributed by atoms with Crippen LogP contribution in [-0.4, -0.2) is 43.3 Å². The SMILES string of the molecule is COC(=O)c1cc(C2CC2)cnc1Cc1cc(C)c2c(ccn2Cc2ccccc2)c1.Cc1cc(Cc2ncc(C3CC3)cc2C(=O)O)cc2ccn(Cc3ccccc3)c12. The van der Waals surface area contributed by atoms with E-state index in [4.69, 9.17) is 4.74 Å². The number of fused-ring (bicyclic) bond motifs is 2. The Bertz CT molecular complexity index is 2890. The number of hydrogen-bond donors (Lipinski definition) is 1. The van der Waals surface area contributed by atoms with Crippen LogP contribution in [-0.2, 0) is 30.7 Å². The van der Waals surface area contributed by atoms with E-state index in [0.29, 0.717) is 41.5 Å². The van der Waals surface area contributed by atoms with Crippen LogP contribution < -0.4 is 0 Å². The van der Waals surface area contributed by atoms with E-state index in [9.17, 15) is 14.7 Å². The van der Waals surface area contributed by atoms with E-state index in [0.717, 1.165) is 53.9 Å². The van der Waals surface area contributed by atoms with Gasteiger partial charge in [0.1, 0.15) is 0 Å². The van der Waals surface area contributed by atoms with Crippen LogP contribution in [0.2, 0.25) is 0 Å². The second-order valence-corrected chi connectivity index (χ2v) is 16.8. The summed E-state index contributed by atoms with van der Waals surface area (Å²) in [6.07, 6.45) is 13.8. The minimum atomic E-state index is -0.896. The first-order valence-electron chi connectivity index (χ1n) is 21.2. The summed E-state index contributed by atoms with van der Waals surface area (Å²) in [6.45, 7) is 5.95. The molecule has 0 bridgehead atoms. The van der Waals surface area contributed by atoms with Crippen molar-refractivity contribution in [1.29, 1.82) is 0 Å². The predicted molar refractivity (Wildman–Crippen MR) is 241 cm³/mol. The molecule has 1 N–H and O–H groups in total. The van der Waals surface area contributed by atoms with E-state index in [1.165, 1.54) is 64.0 Å². The van der Waals surface area contributed by atoms with Crippen molar-refractivity contribution in [2.24, 2.45) is 0 Å². The average Bonchev–Trinajstić information content (AvgIpc) is 4.21. The molecule has 2 aliphatic carbocycles. The largest absolute Gasteiger partial charge is 0.478 e. The standard InChI is InChI=1S/C27H26N2O2.C26H24N2O2/c1-18-12-20(13-22-10-11-29(26(18)22)17-19-6-4-3-5-7-19)14-25-24(27(30)31-2)15-23(16-28-25)21-8-9-21;1-17-11-19(13-24-23(26(29)30)14-22(15-27-24)20-7-8-20)12-21-9-10-28(25(17)21)16-18-5-3-2-4-6-18/h3-7,10-13,15-16,21H,8-9,14,17H2,1-2H3;2-6,9-12,14-15,20H,7-8,13,16H2,1H3,(H,29,30). The number of aryl methyl sites for hydroxylation is 2. The molecule has 0 atom stereocenters. The summed E-state index contributed by atoms with van der Waals surface area (Å²) >= 11 is 0. The Morgan fingerprint density at radius 3 is 1.48 bits per heavy atom. The lowest BCUT2D eigenvalue weighted by Gasteiger charge is -2.12. The zero-order chi connectivity index (χ0) is 42.0. The second kappa shape index (κ2) is 17.1. The summed E-state index contributed by atoms with van der Waals surface area (Å²) in [5.41, 5.74) is 14.2. The van der Waals surface area contributed by atoms with E-state index < -0.39 is 5.97 Å². The van der Waals surface area contributed by atoms with Gasteiger partial charge in [-0.2, -0.15) is 0 Å². The van der Waals surface area contributed by atoms with Crippen molar-refractivity contribution < 1.29 is 19.4 Å². The molecule has 0 saturated heterocycles. The van der Waals surface area contributed by atoms with Gasteiger partial charge in [0.25, 0.3) is 0 Å². The minimum absolute atomic E-state index is 0.309. The van der Waals surface area contributed by atoms with E-state index in [1.807, 2.05) is 36.7 Å². The molecular formula is C53H50N4O4. The lowest BCUT2D eigenvalue weighted by molar-refractivity contribution is 0.0598. The maximum absolute atomic E-state index is 12.4. The molecular weight excluding hydrogens is 757 g/mol. The first kappa shape index (κ1) is 39.6. The highest BCUT2D eigenvalue weighted by Gasteiger charge is 2.27. The van der Waals surface area contributed by atoms with Gasteiger partial charge >= 0.3 is 11.9 Å². The summed E-state index contributed by atoms with van der Waals surface area (Å²) in [6, 6.07) is 37.8. The van der Waals surface area contributed by atoms with E-state index in [1.54, 1.807) is 0 Å². The summed E-state index contributed by atoms with van der Waals surface area (Å²) in [5, 5.41) is 12.1. The van der Waals surface area contributed by atoms with Crippen LogP contribution in [0.25, 0.3) is 21.8 Å². The summed E-state index contributed by atoms with van der Waals surface area (Å²) in [4.78, 5) is 33.4. The van der Waals surface area contributed by atoms with Crippen molar-refractivity contribution in [3.8, 4) is 0 Å². The smallest absolute Gasteiger partial charge is 0.339 e. The number of carboxylic acids is 1. The fourth-order valence-corrected chi connectivity index (χ4v) is 8.76. The molecule has 2 fully saturated rings. The molecule has 4 aromatic heterocycles. The van der Waals surface area contributed by atoms with Crippen molar-refractivity contribution in [3.05, 3.63) is 201 Å². The van der Waals surface area contributed by atoms with E-state index in [-0.39, 0.29) is 5.97 Å². The highest BCUT2D eigenvalue weighted by atomic mass is 16.5. The molecule has 0 radical (unpaired) electrons. The highest BCUT2D eigenvalue weighted by molar-refractivity contribution is 5.91. The molecule has 61 heavy (non-hydrogen) atoms. The van der Waals surface area contributed by atoms with Crippen LogP contribution in [0, 0.1) is 13.8 Å². The van der Waals surface area contributed by atoms with Crippen molar-refractivity contribution in [1.82, 2.24) is 19.1 Å². The third kappa shape index (κ3) is 8.90. The number of hydrogen-bond acceptors (Lipinski definition) is 5. The van der Waals surface area contributed by atoms with Crippen molar-refractivity contribution in [3.63, 3.8) is 0 Å². The van der Waals surface area contributed by atoms with Gasteiger partial charge in [0.2, 0.25) is 0 Å². The summed E-state index contributed by atoms with van der Waals surface area (Å²) < 4.78 is 9.61. The highest BCUT2D eigenvalue weighted by Crippen LogP contribution is 2.41. The van der Waals surface area contributed by atoms with Gasteiger partial charge in [0, 0.05) is 61.5 Å². The fraction of sp³-hybridized carbons (Fsp3) is 0.245. The Kier molecular flexibility index (Phi) is 11.1. The number of esters is 1. The monoisotopic (exact) mass is 806 g/mol. The third-order valence-corrected chi connectivity index (χ3v) is 12.1. The molecule has 0 unspecified atom stereocenters. The van der Waals surface area contributed by atoms with E-state index in [2.05, 4.69) is 130 Å². The number of benzene rings is 4. The van der Waals surface area contributed by atoms with Crippen LogP contribution in [0.15, 0.2) is 134 Å². The summed E-state index contributed by atoms with van der Waals surface area (Å²) in [5.74, 6) is -0.163. The van der Waals surface area contributed by atoms with Gasteiger partial charge in [0.05, 0.1) is 40.7 Å². The number of carboxylic acid groups (broad SMARTS) is 1. The van der Waals surface area contributed by atoms with Gasteiger partial charge in [-0.15, -0.1) is 0 Å². The Balaban J connectivity index is 0.000000156. The average molecular weight is 807 g/mol. The number of methoxy groups -OCH3 is 1. The fourth-order valence-electron chi connectivity index (χ4n) is 8.76. The molecule has 2 aliphatic rings. The van der Waals surface area contributed by atoms with E-state index >= 15 is 0 Å². The van der Waals surface area contributed by atoms with Gasteiger partial charge in [0.15, 0.2) is 0 Å². The van der Waals surface area contributed by atoms with Gasteiger partial charge < -0.3 is 19.0 Å². The number of aromatic nitrogens is 4. The van der Waals surface area contributed by atoms with Gasteiger partial charge in [-0.25, -0.2) is 9.59 Å². The number of carbonyl (C=O) groups excluding carboxylic acids is 1. The maximum atomic E-state index is 12.4. The molecule has 4 aromatic carbocycles. The number of rotatable bonds is 12. The van der Waals surface area contributed by atoms with Crippen LogP contribution >= 0.6 is 0 Å². The third-order valence-electron chi connectivity index (χ3n) is 12.1.